The number of rotatable bonds is 8. The van der Waals surface area contributed by atoms with Crippen molar-refractivity contribution in [2.24, 2.45) is 0 Å². The summed E-state index contributed by atoms with van der Waals surface area (Å²) in [6.45, 7) is 5.98. The third-order valence-corrected chi connectivity index (χ3v) is 7.25. The molecule has 1 aromatic heterocycles. The summed E-state index contributed by atoms with van der Waals surface area (Å²) in [4.78, 5) is 28.9. The van der Waals surface area contributed by atoms with Crippen LogP contribution in [0.4, 0.5) is 0 Å². The Balaban J connectivity index is 1.47. The molecule has 0 radical (unpaired) electrons. The lowest BCUT2D eigenvalue weighted by Gasteiger charge is -2.37. The van der Waals surface area contributed by atoms with Crippen LogP contribution in [0.15, 0.2) is 24.3 Å². The second-order valence-corrected chi connectivity index (χ2v) is 9.25. The van der Waals surface area contributed by atoms with Crippen LogP contribution in [0.25, 0.3) is 10.9 Å². The van der Waals surface area contributed by atoms with E-state index in [1.165, 1.54) is 5.69 Å². The van der Waals surface area contributed by atoms with E-state index in [1.54, 1.807) is 11.8 Å². The number of ether oxygens (including phenoxy) is 1. The van der Waals surface area contributed by atoms with Gasteiger partial charge in [-0.2, -0.15) is 5.26 Å². The third kappa shape index (κ3) is 4.55. The molecule has 2 aliphatic heterocycles. The van der Waals surface area contributed by atoms with Crippen LogP contribution >= 0.6 is 0 Å². The summed E-state index contributed by atoms with van der Waals surface area (Å²) in [6, 6.07) is 10.2. The number of hydrogen-bond acceptors (Lipinski definition) is 6. The predicted molar refractivity (Wildman–Crippen MR) is 128 cm³/mol. The highest BCUT2D eigenvalue weighted by Gasteiger charge is 2.50. The molecule has 0 spiro atoms. The van der Waals surface area contributed by atoms with Gasteiger partial charge in [-0.25, -0.2) is 0 Å². The summed E-state index contributed by atoms with van der Waals surface area (Å²) >= 11 is 0. The minimum Gasteiger partial charge on any atom is -0.465 e. The highest BCUT2D eigenvalue weighted by Crippen LogP contribution is 2.33. The van der Waals surface area contributed by atoms with E-state index in [-0.39, 0.29) is 25.1 Å². The van der Waals surface area contributed by atoms with Crippen LogP contribution < -0.4 is 0 Å². The second-order valence-electron chi connectivity index (χ2n) is 9.25. The first-order chi connectivity index (χ1) is 16.4. The molecular weight excluding hydrogens is 432 g/mol. The molecule has 1 aromatic carbocycles. The van der Waals surface area contributed by atoms with Crippen molar-refractivity contribution in [1.82, 2.24) is 14.4 Å². The quantitative estimate of drug-likeness (QED) is 0.601. The second kappa shape index (κ2) is 10.2. The number of aryl methyl sites for hydroxylation is 2. The van der Waals surface area contributed by atoms with Crippen LogP contribution in [0, 0.1) is 11.3 Å². The zero-order valence-corrected chi connectivity index (χ0v) is 20.1. The Bertz CT molecular complexity index is 1100. The summed E-state index contributed by atoms with van der Waals surface area (Å²) in [5.41, 5.74) is 1.26. The monoisotopic (exact) mass is 466 g/mol. The number of likely N-dealkylation sites (tertiary alicyclic amines) is 2. The molecule has 0 bridgehead atoms. The van der Waals surface area contributed by atoms with Crippen LogP contribution in [-0.2, 0) is 27.3 Å². The van der Waals surface area contributed by atoms with Crippen molar-refractivity contribution in [2.45, 2.75) is 70.7 Å². The predicted octanol–water partition coefficient (Wildman–Crippen LogP) is 2.80. The van der Waals surface area contributed by atoms with E-state index in [1.807, 2.05) is 23.1 Å². The smallest absolute Gasteiger partial charge is 0.320 e. The van der Waals surface area contributed by atoms with Crippen molar-refractivity contribution in [2.75, 3.05) is 26.2 Å². The van der Waals surface area contributed by atoms with Crippen molar-refractivity contribution < 1.29 is 19.4 Å². The Morgan fingerprint density at radius 3 is 2.79 bits per heavy atom. The number of nitrogens with zero attached hydrogens (tertiary/aromatic N) is 4. The average molecular weight is 467 g/mol. The minimum atomic E-state index is -1.64. The van der Waals surface area contributed by atoms with Crippen molar-refractivity contribution in [3.05, 3.63) is 35.5 Å². The van der Waals surface area contributed by atoms with E-state index < -0.39 is 11.7 Å². The van der Waals surface area contributed by atoms with Crippen LogP contribution in [0.1, 0.15) is 57.2 Å². The zero-order valence-electron chi connectivity index (χ0n) is 20.1. The van der Waals surface area contributed by atoms with Gasteiger partial charge in [0, 0.05) is 43.3 Å². The molecule has 8 nitrogen and oxygen atoms in total. The Labute approximate surface area is 200 Å². The van der Waals surface area contributed by atoms with Crippen molar-refractivity contribution >= 4 is 22.8 Å². The van der Waals surface area contributed by atoms with Gasteiger partial charge >= 0.3 is 5.97 Å². The molecule has 3 heterocycles. The Kier molecular flexibility index (Phi) is 7.24. The SMILES string of the molecule is CCOC(=O)CN1CCC[C@@]1(O)C(=O)N1CCC[C@H]1CCc1cc2ccc(C#N)cc2n1CC. The standard InChI is InChI=1S/C26H34N4O4/c1-3-29-22(16-20-9-8-19(17-27)15-23(20)29)11-10-21-7-5-14-30(21)25(32)26(33)12-6-13-28(26)18-24(31)34-4-2/h8-9,15-16,21,33H,3-7,10-14,18H2,1-2H3/t21-,26+/m0/s1. The number of amides is 1. The van der Waals surface area contributed by atoms with Crippen LogP contribution in [0.3, 0.4) is 0 Å². The number of carbonyl (C=O) groups excluding carboxylic acids is 2. The van der Waals surface area contributed by atoms with Gasteiger partial charge in [-0.05, 0) is 69.5 Å². The number of nitriles is 1. The Morgan fingerprint density at radius 1 is 1.24 bits per heavy atom. The molecule has 2 aliphatic rings. The van der Waals surface area contributed by atoms with E-state index in [0.717, 1.165) is 43.1 Å². The Morgan fingerprint density at radius 2 is 2.06 bits per heavy atom. The zero-order chi connectivity index (χ0) is 24.3. The summed E-state index contributed by atoms with van der Waals surface area (Å²) in [7, 11) is 0. The van der Waals surface area contributed by atoms with Gasteiger partial charge in [0.2, 0.25) is 0 Å². The fourth-order valence-electron chi connectivity index (χ4n) is 5.58. The van der Waals surface area contributed by atoms with Gasteiger partial charge in [-0.15, -0.1) is 0 Å². The summed E-state index contributed by atoms with van der Waals surface area (Å²) in [5, 5.41) is 21.7. The number of aliphatic hydroxyl groups is 1. The van der Waals surface area contributed by atoms with Gasteiger partial charge in [-0.1, -0.05) is 6.07 Å². The lowest BCUT2D eigenvalue weighted by molar-refractivity contribution is -0.174. The topological polar surface area (TPSA) is 98.8 Å². The fraction of sp³-hybridized carbons (Fsp3) is 0.577. The lowest BCUT2D eigenvalue weighted by atomic mass is 10.0. The van der Waals surface area contributed by atoms with E-state index in [2.05, 4.69) is 23.6 Å². The van der Waals surface area contributed by atoms with E-state index in [0.29, 0.717) is 31.5 Å². The Hall–Kier alpha value is -2.89. The number of benzene rings is 1. The first-order valence-corrected chi connectivity index (χ1v) is 12.4. The summed E-state index contributed by atoms with van der Waals surface area (Å²) in [6.07, 6.45) is 4.43. The first-order valence-electron chi connectivity index (χ1n) is 12.4. The number of fused-ring (bicyclic) bond motifs is 1. The van der Waals surface area contributed by atoms with Crippen molar-refractivity contribution in [3.8, 4) is 6.07 Å². The first kappa shape index (κ1) is 24.2. The third-order valence-electron chi connectivity index (χ3n) is 7.25. The number of aromatic nitrogens is 1. The molecule has 2 atom stereocenters. The van der Waals surface area contributed by atoms with Gasteiger partial charge in [0.15, 0.2) is 5.72 Å². The molecule has 0 saturated carbocycles. The molecule has 182 valence electrons. The summed E-state index contributed by atoms with van der Waals surface area (Å²) < 4.78 is 7.27. The fourth-order valence-corrected chi connectivity index (χ4v) is 5.58. The minimum absolute atomic E-state index is 0.0551. The maximum atomic E-state index is 13.5. The average Bonchev–Trinajstić information content (AvgIpc) is 3.54. The van der Waals surface area contributed by atoms with Crippen LogP contribution in [-0.4, -0.2) is 69.4 Å². The van der Waals surface area contributed by atoms with E-state index in [9.17, 15) is 20.0 Å². The molecule has 1 N–H and O–H groups in total. The molecule has 0 unspecified atom stereocenters. The molecule has 8 heteroatoms. The van der Waals surface area contributed by atoms with Gasteiger partial charge in [0.25, 0.3) is 5.91 Å². The van der Waals surface area contributed by atoms with Gasteiger partial charge in [0.1, 0.15) is 0 Å². The molecule has 2 fully saturated rings. The normalized spacial score (nSPS) is 22.9. The van der Waals surface area contributed by atoms with Crippen LogP contribution in [0.2, 0.25) is 0 Å². The highest BCUT2D eigenvalue weighted by atomic mass is 16.5. The molecule has 1 amide bonds. The van der Waals surface area contributed by atoms with Gasteiger partial charge in [-0.3, -0.25) is 14.5 Å². The maximum Gasteiger partial charge on any atom is 0.320 e. The van der Waals surface area contributed by atoms with E-state index in [4.69, 9.17) is 4.74 Å². The number of esters is 1. The molecule has 0 aliphatic carbocycles. The van der Waals surface area contributed by atoms with Crippen LogP contribution in [0.5, 0.6) is 0 Å². The molecule has 2 aromatic rings. The van der Waals surface area contributed by atoms with E-state index >= 15 is 0 Å². The number of hydrogen-bond donors (Lipinski definition) is 1. The molecule has 2 saturated heterocycles. The number of carbonyl (C=O) groups is 2. The molecule has 34 heavy (non-hydrogen) atoms. The maximum absolute atomic E-state index is 13.5. The molecular formula is C26H34N4O4. The van der Waals surface area contributed by atoms with Crippen molar-refractivity contribution in [1.29, 1.82) is 5.26 Å². The lowest BCUT2D eigenvalue weighted by Crippen LogP contribution is -2.58. The largest absolute Gasteiger partial charge is 0.465 e. The highest BCUT2D eigenvalue weighted by molar-refractivity contribution is 5.86. The van der Waals surface area contributed by atoms with Gasteiger partial charge < -0.3 is 19.3 Å². The van der Waals surface area contributed by atoms with Gasteiger partial charge in [0.05, 0.1) is 24.8 Å². The summed E-state index contributed by atoms with van der Waals surface area (Å²) in [5.74, 6) is -0.702. The van der Waals surface area contributed by atoms with Crippen molar-refractivity contribution in [3.63, 3.8) is 0 Å². The molecule has 4 rings (SSSR count).